The maximum absolute atomic E-state index is 11.7. The number of hydrogen-bond donors (Lipinski definition) is 2. The van der Waals surface area contributed by atoms with Gasteiger partial charge < -0.3 is 10.4 Å². The summed E-state index contributed by atoms with van der Waals surface area (Å²) in [6.45, 7) is 1.99. The first-order chi connectivity index (χ1) is 13.1. The molecule has 7 heteroatoms. The quantitative estimate of drug-likeness (QED) is 0.609. The lowest BCUT2D eigenvalue weighted by Crippen LogP contribution is -2.36. The van der Waals surface area contributed by atoms with Crippen LogP contribution in [-0.4, -0.2) is 40.9 Å². The summed E-state index contributed by atoms with van der Waals surface area (Å²) in [6.07, 6.45) is 2.66. The van der Waals surface area contributed by atoms with Crippen LogP contribution >= 0.6 is 33.2 Å². The van der Waals surface area contributed by atoms with Crippen LogP contribution in [-0.2, 0) is 17.9 Å². The molecular weight excluding hydrogens is 400 g/mol. The highest BCUT2D eigenvalue weighted by atomic mass is 35.5. The molecule has 4 nitrogen and oxygen atoms in total. The number of hydrogen-bond acceptors (Lipinski definition) is 5. The Labute approximate surface area is 173 Å². The molecule has 2 atom stereocenters. The molecule has 1 heterocycles. The van der Waals surface area contributed by atoms with Gasteiger partial charge in [0.25, 0.3) is 0 Å². The van der Waals surface area contributed by atoms with Crippen LogP contribution in [0.15, 0.2) is 53.4 Å². The van der Waals surface area contributed by atoms with E-state index in [-0.39, 0.29) is 6.04 Å². The van der Waals surface area contributed by atoms with Crippen molar-refractivity contribution < 1.29 is 9.90 Å². The van der Waals surface area contributed by atoms with Crippen LogP contribution in [0.25, 0.3) is 0 Å². The van der Waals surface area contributed by atoms with Crippen LogP contribution in [0.2, 0.25) is 5.02 Å². The monoisotopic (exact) mass is 422 g/mol. The van der Waals surface area contributed by atoms with Crippen LogP contribution in [0.4, 0.5) is 0 Å². The highest BCUT2D eigenvalue weighted by Crippen LogP contribution is 2.28. The van der Waals surface area contributed by atoms with Gasteiger partial charge in [0.05, 0.1) is 0 Å². The van der Waals surface area contributed by atoms with Gasteiger partial charge in [0.15, 0.2) is 0 Å². The largest absolute Gasteiger partial charge is 0.480 e. The molecule has 0 bridgehead atoms. The fraction of sp³-hybridized carbons (Fsp3) is 0.350. The lowest BCUT2D eigenvalue weighted by molar-refractivity contribution is -0.142. The summed E-state index contributed by atoms with van der Waals surface area (Å²) in [5.41, 5.74) is 2.17. The number of nitrogens with zero attached hydrogens (tertiary/aromatic N) is 1. The number of benzene rings is 2. The Morgan fingerprint density at radius 3 is 2.67 bits per heavy atom. The predicted molar refractivity (Wildman–Crippen MR) is 114 cm³/mol. The third-order valence-electron chi connectivity index (χ3n) is 4.72. The second-order valence-electron chi connectivity index (χ2n) is 6.58. The molecule has 1 fully saturated rings. The summed E-state index contributed by atoms with van der Waals surface area (Å²) in [5, 5.41) is 13.8. The van der Waals surface area contributed by atoms with E-state index in [2.05, 4.69) is 35.8 Å². The summed E-state index contributed by atoms with van der Waals surface area (Å²) in [6, 6.07) is 15.8. The average molecular weight is 423 g/mol. The third-order valence-corrected chi connectivity index (χ3v) is 6.79. The first-order valence-electron chi connectivity index (χ1n) is 8.80. The van der Waals surface area contributed by atoms with Crippen molar-refractivity contribution in [1.29, 1.82) is 0 Å². The maximum atomic E-state index is 11.7. The van der Waals surface area contributed by atoms with E-state index in [1.54, 1.807) is 21.6 Å². The predicted octanol–water partition coefficient (Wildman–Crippen LogP) is 4.53. The molecule has 0 spiro atoms. The van der Waals surface area contributed by atoms with Crippen molar-refractivity contribution >= 4 is 39.2 Å². The molecule has 2 aromatic rings. The average Bonchev–Trinajstić information content (AvgIpc) is 3.06. The highest BCUT2D eigenvalue weighted by molar-refractivity contribution is 8.76. The van der Waals surface area contributed by atoms with Gasteiger partial charge in [-0.15, -0.1) is 0 Å². The molecule has 1 aliphatic rings. The van der Waals surface area contributed by atoms with Crippen molar-refractivity contribution in [3.8, 4) is 0 Å². The summed E-state index contributed by atoms with van der Waals surface area (Å²) in [4.78, 5) is 14.9. The van der Waals surface area contributed by atoms with Crippen LogP contribution in [0.5, 0.6) is 0 Å². The molecule has 0 saturated carbocycles. The molecule has 2 aromatic carbocycles. The van der Waals surface area contributed by atoms with Crippen LogP contribution in [0.1, 0.15) is 17.5 Å². The van der Waals surface area contributed by atoms with Gasteiger partial charge in [-0.25, -0.2) is 0 Å². The van der Waals surface area contributed by atoms with E-state index in [1.807, 2.05) is 29.2 Å². The Kier molecular flexibility index (Phi) is 7.49. The van der Waals surface area contributed by atoms with E-state index in [9.17, 15) is 9.90 Å². The minimum absolute atomic E-state index is 0.147. The van der Waals surface area contributed by atoms with Gasteiger partial charge in [0, 0.05) is 35.6 Å². The number of aliphatic carboxylic acids is 1. The SMILES string of the molecule is CSSc1ccc(CN[C@H]2C[C@@H](C(=O)O)N(Cc3ccccc3Cl)C2)cc1. The Hall–Kier alpha value is -1.18. The van der Waals surface area contributed by atoms with Gasteiger partial charge in [-0.2, -0.15) is 0 Å². The van der Waals surface area contributed by atoms with Gasteiger partial charge in [-0.1, -0.05) is 63.5 Å². The Morgan fingerprint density at radius 2 is 2.00 bits per heavy atom. The Balaban J connectivity index is 1.59. The Bertz CT molecular complexity index is 773. The first-order valence-corrected chi connectivity index (χ1v) is 11.7. The molecule has 0 aromatic heterocycles. The van der Waals surface area contributed by atoms with Crippen LogP contribution in [0, 0.1) is 0 Å². The summed E-state index contributed by atoms with van der Waals surface area (Å²) < 4.78 is 0. The summed E-state index contributed by atoms with van der Waals surface area (Å²) in [7, 11) is 3.48. The fourth-order valence-electron chi connectivity index (χ4n) is 3.35. The maximum Gasteiger partial charge on any atom is 0.320 e. The van der Waals surface area contributed by atoms with E-state index in [4.69, 9.17) is 11.6 Å². The molecule has 2 N–H and O–H groups in total. The molecule has 0 amide bonds. The minimum atomic E-state index is -0.773. The van der Waals surface area contributed by atoms with E-state index >= 15 is 0 Å². The van der Waals surface area contributed by atoms with Crippen LogP contribution in [0.3, 0.4) is 0 Å². The number of likely N-dealkylation sites (tertiary alicyclic amines) is 1. The molecule has 1 saturated heterocycles. The summed E-state index contributed by atoms with van der Waals surface area (Å²) in [5.74, 6) is -0.773. The number of carboxylic acids is 1. The highest BCUT2D eigenvalue weighted by Gasteiger charge is 2.36. The number of halogens is 1. The number of carboxylic acid groups (broad SMARTS) is 1. The molecule has 0 unspecified atom stereocenters. The molecule has 0 radical (unpaired) electrons. The fourth-order valence-corrected chi connectivity index (χ4v) is 4.90. The number of nitrogens with one attached hydrogen (secondary N) is 1. The van der Waals surface area contributed by atoms with Crippen molar-refractivity contribution in [3.05, 3.63) is 64.7 Å². The molecular formula is C20H23ClN2O2S2. The summed E-state index contributed by atoms with van der Waals surface area (Å²) >= 11 is 6.25. The smallest absolute Gasteiger partial charge is 0.320 e. The standard InChI is InChI=1S/C20H23ClN2O2S2/c1-26-27-17-8-6-14(7-9-17)11-22-16-10-19(20(24)25)23(13-16)12-15-4-2-3-5-18(15)21/h2-9,16,19,22H,10-13H2,1H3,(H,24,25)/t16-,19-/m0/s1. The van der Waals surface area contributed by atoms with Gasteiger partial charge in [-0.3, -0.25) is 9.69 Å². The minimum Gasteiger partial charge on any atom is -0.480 e. The molecule has 3 rings (SSSR count). The lowest BCUT2D eigenvalue weighted by Gasteiger charge is -2.21. The van der Waals surface area contributed by atoms with Gasteiger partial charge >= 0.3 is 5.97 Å². The lowest BCUT2D eigenvalue weighted by atomic mass is 10.1. The second-order valence-corrected chi connectivity index (χ2v) is 9.46. The van der Waals surface area contributed by atoms with E-state index in [0.29, 0.717) is 24.5 Å². The van der Waals surface area contributed by atoms with Crippen molar-refractivity contribution in [2.24, 2.45) is 0 Å². The molecule has 27 heavy (non-hydrogen) atoms. The second kappa shape index (κ2) is 9.85. The first kappa shape index (κ1) is 20.6. The zero-order valence-corrected chi connectivity index (χ0v) is 17.5. The molecule has 1 aliphatic heterocycles. The van der Waals surface area contributed by atoms with E-state index in [1.165, 1.54) is 10.5 Å². The topological polar surface area (TPSA) is 52.6 Å². The number of carbonyl (C=O) groups is 1. The van der Waals surface area contributed by atoms with Crippen LogP contribution < -0.4 is 5.32 Å². The van der Waals surface area contributed by atoms with Crippen molar-refractivity contribution in [2.45, 2.75) is 36.5 Å². The molecule has 0 aliphatic carbocycles. The van der Waals surface area contributed by atoms with Crippen molar-refractivity contribution in [2.75, 3.05) is 12.8 Å². The normalized spacial score (nSPS) is 20.1. The van der Waals surface area contributed by atoms with E-state index in [0.717, 1.165) is 12.1 Å². The van der Waals surface area contributed by atoms with E-state index < -0.39 is 12.0 Å². The van der Waals surface area contributed by atoms with Crippen molar-refractivity contribution in [1.82, 2.24) is 10.2 Å². The van der Waals surface area contributed by atoms with Gasteiger partial charge in [0.1, 0.15) is 6.04 Å². The van der Waals surface area contributed by atoms with Gasteiger partial charge in [0.2, 0.25) is 0 Å². The zero-order valence-electron chi connectivity index (χ0n) is 15.1. The van der Waals surface area contributed by atoms with Gasteiger partial charge in [-0.05, 0) is 42.0 Å². The Morgan fingerprint density at radius 1 is 1.26 bits per heavy atom. The zero-order chi connectivity index (χ0) is 19.2. The third kappa shape index (κ3) is 5.65. The molecule has 144 valence electrons. The number of rotatable bonds is 8. The van der Waals surface area contributed by atoms with Crippen molar-refractivity contribution in [3.63, 3.8) is 0 Å².